The number of carbonyl (C=O) groups is 1. The maximum Gasteiger partial charge on any atom is 0.238 e. The Labute approximate surface area is 94.0 Å². The van der Waals surface area contributed by atoms with Crippen molar-refractivity contribution in [3.63, 3.8) is 0 Å². The molecule has 1 amide bonds. The van der Waals surface area contributed by atoms with Gasteiger partial charge in [-0.1, -0.05) is 0 Å². The summed E-state index contributed by atoms with van der Waals surface area (Å²) in [7, 11) is 1.75. The molecule has 16 heavy (non-hydrogen) atoms. The number of benzene rings is 1. The molecule has 0 bridgehead atoms. The number of aromatic amines is 1. The highest BCUT2D eigenvalue weighted by atomic mass is 16.1. The Balaban J connectivity index is 2.22. The number of aryl methyl sites for hydroxylation is 1. The van der Waals surface area contributed by atoms with Gasteiger partial charge in [0.25, 0.3) is 0 Å². The number of aromatic nitrogens is 1. The topological polar surface area (TPSA) is 56.9 Å². The number of hydrogen-bond donors (Lipinski definition) is 3. The molecule has 0 saturated heterocycles. The van der Waals surface area contributed by atoms with Crippen molar-refractivity contribution in [3.8, 4) is 0 Å². The highest BCUT2D eigenvalue weighted by Gasteiger charge is 2.02. The van der Waals surface area contributed by atoms with E-state index in [9.17, 15) is 4.79 Å². The smallest absolute Gasteiger partial charge is 0.238 e. The van der Waals surface area contributed by atoms with E-state index in [-0.39, 0.29) is 5.91 Å². The number of H-pyrrole nitrogens is 1. The normalized spacial score (nSPS) is 10.6. The second kappa shape index (κ2) is 4.37. The SMILES string of the molecule is CNCC(=O)Nc1ccc2[nH]c(C)cc2c1. The number of fused-ring (bicyclic) bond motifs is 1. The molecule has 4 nitrogen and oxygen atoms in total. The zero-order valence-electron chi connectivity index (χ0n) is 9.42. The summed E-state index contributed by atoms with van der Waals surface area (Å²) in [6, 6.07) is 7.89. The summed E-state index contributed by atoms with van der Waals surface area (Å²) >= 11 is 0. The van der Waals surface area contributed by atoms with Crippen molar-refractivity contribution in [1.82, 2.24) is 10.3 Å². The van der Waals surface area contributed by atoms with Crippen LogP contribution in [0.1, 0.15) is 5.69 Å². The summed E-state index contributed by atoms with van der Waals surface area (Å²) in [5, 5.41) is 6.75. The fraction of sp³-hybridized carbons (Fsp3) is 0.250. The highest BCUT2D eigenvalue weighted by molar-refractivity contribution is 5.95. The third-order valence-electron chi connectivity index (χ3n) is 2.38. The first kappa shape index (κ1) is 10.7. The number of nitrogens with one attached hydrogen (secondary N) is 3. The van der Waals surface area contributed by atoms with Gasteiger partial charge in [0.05, 0.1) is 6.54 Å². The number of carbonyl (C=O) groups excluding carboxylic acids is 1. The lowest BCUT2D eigenvalue weighted by Gasteiger charge is -2.04. The molecule has 0 saturated carbocycles. The molecule has 3 N–H and O–H groups in total. The van der Waals surface area contributed by atoms with Crippen LogP contribution < -0.4 is 10.6 Å². The number of rotatable bonds is 3. The van der Waals surface area contributed by atoms with Crippen LogP contribution in [0.15, 0.2) is 24.3 Å². The molecule has 1 aromatic carbocycles. The Bertz CT molecular complexity index is 516. The van der Waals surface area contributed by atoms with Crippen LogP contribution in [0.2, 0.25) is 0 Å². The molecule has 0 radical (unpaired) electrons. The number of anilines is 1. The van der Waals surface area contributed by atoms with Crippen molar-refractivity contribution in [2.75, 3.05) is 18.9 Å². The third kappa shape index (κ3) is 2.23. The molecular formula is C12H15N3O. The maximum atomic E-state index is 11.4. The Morgan fingerprint density at radius 2 is 2.19 bits per heavy atom. The summed E-state index contributed by atoms with van der Waals surface area (Å²) in [6.07, 6.45) is 0. The van der Waals surface area contributed by atoms with Crippen molar-refractivity contribution in [2.24, 2.45) is 0 Å². The van der Waals surface area contributed by atoms with Gasteiger partial charge in [-0.15, -0.1) is 0 Å². The zero-order valence-corrected chi connectivity index (χ0v) is 9.42. The van der Waals surface area contributed by atoms with Crippen LogP contribution in [-0.4, -0.2) is 24.5 Å². The van der Waals surface area contributed by atoms with Crippen molar-refractivity contribution in [2.45, 2.75) is 6.92 Å². The van der Waals surface area contributed by atoms with E-state index in [1.54, 1.807) is 7.05 Å². The Morgan fingerprint density at radius 1 is 1.38 bits per heavy atom. The summed E-state index contributed by atoms with van der Waals surface area (Å²) in [5.41, 5.74) is 3.03. The van der Waals surface area contributed by atoms with Crippen LogP contribution in [0.5, 0.6) is 0 Å². The van der Waals surface area contributed by atoms with Crippen LogP contribution in [0, 0.1) is 6.92 Å². The molecule has 4 heteroatoms. The largest absolute Gasteiger partial charge is 0.359 e. The van der Waals surface area contributed by atoms with E-state index in [0.29, 0.717) is 6.54 Å². The monoisotopic (exact) mass is 217 g/mol. The van der Waals surface area contributed by atoms with Gasteiger partial charge in [0.15, 0.2) is 0 Å². The maximum absolute atomic E-state index is 11.4. The van der Waals surface area contributed by atoms with Crippen molar-refractivity contribution < 1.29 is 4.79 Å². The molecule has 0 aliphatic rings. The molecule has 84 valence electrons. The molecule has 1 heterocycles. The van der Waals surface area contributed by atoms with Gasteiger partial charge in [0.1, 0.15) is 0 Å². The van der Waals surface area contributed by atoms with Crippen LogP contribution in [0.3, 0.4) is 0 Å². The van der Waals surface area contributed by atoms with Gasteiger partial charge < -0.3 is 15.6 Å². The molecule has 2 aromatic rings. The molecule has 2 rings (SSSR count). The van der Waals surface area contributed by atoms with Crippen LogP contribution >= 0.6 is 0 Å². The molecule has 0 unspecified atom stereocenters. The van der Waals surface area contributed by atoms with Crippen LogP contribution in [0.4, 0.5) is 5.69 Å². The molecule has 0 aliphatic carbocycles. The second-order valence-electron chi connectivity index (χ2n) is 3.83. The van der Waals surface area contributed by atoms with Crippen LogP contribution in [-0.2, 0) is 4.79 Å². The van der Waals surface area contributed by atoms with Crippen molar-refractivity contribution in [3.05, 3.63) is 30.0 Å². The minimum atomic E-state index is -0.0332. The van der Waals surface area contributed by atoms with E-state index in [4.69, 9.17) is 0 Å². The molecule has 0 atom stereocenters. The van der Waals surface area contributed by atoms with Gasteiger partial charge in [0, 0.05) is 22.3 Å². The minimum Gasteiger partial charge on any atom is -0.359 e. The van der Waals surface area contributed by atoms with E-state index in [0.717, 1.165) is 22.3 Å². The lowest BCUT2D eigenvalue weighted by Crippen LogP contribution is -2.24. The van der Waals surface area contributed by atoms with Crippen LogP contribution in [0.25, 0.3) is 10.9 Å². The lowest BCUT2D eigenvalue weighted by molar-refractivity contribution is -0.115. The van der Waals surface area contributed by atoms with Gasteiger partial charge in [-0.05, 0) is 38.2 Å². The standard InChI is InChI=1S/C12H15N3O/c1-8-5-9-6-10(3-4-11(9)14-8)15-12(16)7-13-2/h3-6,13-14H,7H2,1-2H3,(H,15,16). The summed E-state index contributed by atoms with van der Waals surface area (Å²) in [4.78, 5) is 14.6. The van der Waals surface area contributed by atoms with Gasteiger partial charge in [-0.3, -0.25) is 4.79 Å². The number of hydrogen-bond acceptors (Lipinski definition) is 2. The first-order valence-corrected chi connectivity index (χ1v) is 5.23. The molecule has 1 aromatic heterocycles. The minimum absolute atomic E-state index is 0.0332. The molecular weight excluding hydrogens is 202 g/mol. The fourth-order valence-corrected chi connectivity index (χ4v) is 1.72. The highest BCUT2D eigenvalue weighted by Crippen LogP contribution is 2.19. The zero-order chi connectivity index (χ0) is 11.5. The van der Waals surface area contributed by atoms with E-state index in [2.05, 4.69) is 21.7 Å². The molecule has 0 fully saturated rings. The average Bonchev–Trinajstić information content (AvgIpc) is 2.57. The van der Waals surface area contributed by atoms with E-state index in [1.807, 2.05) is 25.1 Å². The third-order valence-corrected chi connectivity index (χ3v) is 2.38. The predicted octanol–water partition coefficient (Wildman–Crippen LogP) is 1.63. The van der Waals surface area contributed by atoms with Gasteiger partial charge in [-0.25, -0.2) is 0 Å². The Kier molecular flexibility index (Phi) is 2.92. The summed E-state index contributed by atoms with van der Waals surface area (Å²) < 4.78 is 0. The number of amides is 1. The summed E-state index contributed by atoms with van der Waals surface area (Å²) in [6.45, 7) is 2.34. The lowest BCUT2D eigenvalue weighted by atomic mass is 10.2. The fourth-order valence-electron chi connectivity index (χ4n) is 1.72. The van der Waals surface area contributed by atoms with E-state index in [1.165, 1.54) is 0 Å². The Morgan fingerprint density at radius 3 is 2.94 bits per heavy atom. The van der Waals surface area contributed by atoms with Gasteiger partial charge in [-0.2, -0.15) is 0 Å². The first-order chi connectivity index (χ1) is 7.69. The van der Waals surface area contributed by atoms with Crippen molar-refractivity contribution in [1.29, 1.82) is 0 Å². The quantitative estimate of drug-likeness (QED) is 0.732. The summed E-state index contributed by atoms with van der Waals surface area (Å²) in [5.74, 6) is -0.0332. The number of likely N-dealkylation sites (N-methyl/N-ethyl adjacent to an activating group) is 1. The predicted molar refractivity (Wildman–Crippen MR) is 65.6 cm³/mol. The van der Waals surface area contributed by atoms with E-state index >= 15 is 0 Å². The molecule has 0 aliphatic heterocycles. The molecule has 0 spiro atoms. The van der Waals surface area contributed by atoms with E-state index < -0.39 is 0 Å². The first-order valence-electron chi connectivity index (χ1n) is 5.23. The van der Waals surface area contributed by atoms with Gasteiger partial charge in [0.2, 0.25) is 5.91 Å². The van der Waals surface area contributed by atoms with Gasteiger partial charge >= 0.3 is 0 Å². The Hall–Kier alpha value is -1.81. The second-order valence-corrected chi connectivity index (χ2v) is 3.83. The van der Waals surface area contributed by atoms with Crippen molar-refractivity contribution >= 4 is 22.5 Å². The average molecular weight is 217 g/mol.